The van der Waals surface area contributed by atoms with Crippen LogP contribution in [0.15, 0.2) is 24.3 Å². The Hall–Kier alpha value is -1.84. The Bertz CT molecular complexity index is 443. The lowest BCUT2D eigenvalue weighted by molar-refractivity contribution is -0.144. The zero-order valence-electron chi connectivity index (χ0n) is 11.6. The number of benzene rings is 1. The topological polar surface area (TPSA) is 57.6 Å². The molecule has 0 unspecified atom stereocenters. The van der Waals surface area contributed by atoms with Crippen molar-refractivity contribution in [1.29, 1.82) is 0 Å². The third-order valence-corrected chi connectivity index (χ3v) is 3.01. The highest BCUT2D eigenvalue weighted by molar-refractivity contribution is 5.83. The third kappa shape index (κ3) is 4.73. The van der Waals surface area contributed by atoms with Gasteiger partial charge in [0.15, 0.2) is 0 Å². The predicted octanol–water partition coefficient (Wildman–Crippen LogP) is 2.11. The van der Waals surface area contributed by atoms with Crippen molar-refractivity contribution in [3.05, 3.63) is 35.4 Å². The molecule has 0 aliphatic rings. The zero-order valence-corrected chi connectivity index (χ0v) is 11.6. The first-order valence-corrected chi connectivity index (χ1v) is 6.64. The number of nitrogens with zero attached hydrogens (tertiary/aromatic N) is 1. The average Bonchev–Trinajstić information content (AvgIpc) is 2.38. The van der Waals surface area contributed by atoms with Gasteiger partial charge in [-0.25, -0.2) is 0 Å². The molecule has 104 valence electrons. The number of carbonyl (C=O) groups is 2. The number of hydrogen-bond acceptors (Lipinski definition) is 2. The molecule has 4 nitrogen and oxygen atoms in total. The van der Waals surface area contributed by atoms with Crippen molar-refractivity contribution in [3.8, 4) is 0 Å². The molecule has 1 aromatic rings. The van der Waals surface area contributed by atoms with E-state index in [1.165, 1.54) is 4.90 Å². The van der Waals surface area contributed by atoms with Crippen LogP contribution in [-0.4, -0.2) is 35.0 Å². The molecule has 1 rings (SSSR count). The van der Waals surface area contributed by atoms with Crippen LogP contribution in [-0.2, 0) is 22.4 Å². The monoisotopic (exact) mass is 263 g/mol. The Kier molecular flexibility index (Phi) is 6.06. The maximum atomic E-state index is 12.2. The van der Waals surface area contributed by atoms with Gasteiger partial charge in [-0.05, 0) is 24.0 Å². The molecule has 0 atom stereocenters. The first kappa shape index (κ1) is 15.2. The molecule has 1 N–H and O–H groups in total. The molecule has 0 aliphatic heterocycles. The van der Waals surface area contributed by atoms with Crippen molar-refractivity contribution in [2.75, 3.05) is 13.1 Å². The Morgan fingerprint density at radius 2 is 1.79 bits per heavy atom. The summed E-state index contributed by atoms with van der Waals surface area (Å²) >= 11 is 0. The van der Waals surface area contributed by atoms with Crippen molar-refractivity contribution in [2.45, 2.75) is 33.1 Å². The highest BCUT2D eigenvalue weighted by Crippen LogP contribution is 2.11. The van der Waals surface area contributed by atoms with E-state index in [2.05, 4.69) is 0 Å². The number of aliphatic carboxylic acids is 1. The summed E-state index contributed by atoms with van der Waals surface area (Å²) in [5, 5.41) is 8.83. The van der Waals surface area contributed by atoms with Crippen LogP contribution in [0.4, 0.5) is 0 Å². The molecule has 4 heteroatoms. The first-order chi connectivity index (χ1) is 9.08. The van der Waals surface area contributed by atoms with Gasteiger partial charge in [0, 0.05) is 6.54 Å². The number of carbonyl (C=O) groups excluding carboxylic acids is 1. The lowest BCUT2D eigenvalue weighted by Crippen LogP contribution is -2.37. The lowest BCUT2D eigenvalue weighted by atomic mass is 10.0. The van der Waals surface area contributed by atoms with Gasteiger partial charge >= 0.3 is 5.97 Å². The van der Waals surface area contributed by atoms with Crippen LogP contribution in [0, 0.1) is 0 Å². The van der Waals surface area contributed by atoms with Crippen molar-refractivity contribution in [1.82, 2.24) is 4.90 Å². The van der Waals surface area contributed by atoms with E-state index in [0.29, 0.717) is 6.54 Å². The van der Waals surface area contributed by atoms with Crippen LogP contribution in [0.5, 0.6) is 0 Å². The van der Waals surface area contributed by atoms with E-state index >= 15 is 0 Å². The molecule has 0 aliphatic carbocycles. The van der Waals surface area contributed by atoms with E-state index in [1.807, 2.05) is 38.1 Å². The van der Waals surface area contributed by atoms with Crippen LogP contribution in [0.2, 0.25) is 0 Å². The summed E-state index contributed by atoms with van der Waals surface area (Å²) in [6.45, 7) is 4.24. The van der Waals surface area contributed by atoms with E-state index in [4.69, 9.17) is 5.11 Å². The standard InChI is InChI=1S/C15H21NO3/c1-3-9-16(11-15(18)19)14(17)10-13-8-6-5-7-12(13)4-2/h5-8H,3-4,9-11H2,1-2H3,(H,18,19). The highest BCUT2D eigenvalue weighted by Gasteiger charge is 2.17. The maximum absolute atomic E-state index is 12.2. The van der Waals surface area contributed by atoms with Crippen molar-refractivity contribution in [3.63, 3.8) is 0 Å². The summed E-state index contributed by atoms with van der Waals surface area (Å²) in [4.78, 5) is 24.4. The van der Waals surface area contributed by atoms with Crippen LogP contribution >= 0.6 is 0 Å². The van der Waals surface area contributed by atoms with Crippen LogP contribution in [0.25, 0.3) is 0 Å². The van der Waals surface area contributed by atoms with Gasteiger partial charge in [0.2, 0.25) is 5.91 Å². The summed E-state index contributed by atoms with van der Waals surface area (Å²) in [6.07, 6.45) is 1.90. The summed E-state index contributed by atoms with van der Waals surface area (Å²) in [5.74, 6) is -1.09. The van der Waals surface area contributed by atoms with Gasteiger partial charge in [0.25, 0.3) is 0 Å². The molecule has 0 fully saturated rings. The van der Waals surface area contributed by atoms with Gasteiger partial charge < -0.3 is 10.0 Å². The SMILES string of the molecule is CCCN(CC(=O)O)C(=O)Cc1ccccc1CC. The molecule has 19 heavy (non-hydrogen) atoms. The molecular formula is C15H21NO3. The fraction of sp³-hybridized carbons (Fsp3) is 0.467. The van der Waals surface area contributed by atoms with E-state index in [0.717, 1.165) is 24.0 Å². The van der Waals surface area contributed by atoms with Gasteiger partial charge in [-0.15, -0.1) is 0 Å². The molecule has 0 saturated carbocycles. The first-order valence-electron chi connectivity index (χ1n) is 6.64. The largest absolute Gasteiger partial charge is 0.480 e. The fourth-order valence-electron chi connectivity index (χ4n) is 2.07. The van der Waals surface area contributed by atoms with Gasteiger partial charge in [0.05, 0.1) is 6.42 Å². The Morgan fingerprint density at radius 3 is 2.32 bits per heavy atom. The number of amides is 1. The van der Waals surface area contributed by atoms with Gasteiger partial charge in [0.1, 0.15) is 6.54 Å². The van der Waals surface area contributed by atoms with E-state index in [-0.39, 0.29) is 18.9 Å². The lowest BCUT2D eigenvalue weighted by Gasteiger charge is -2.20. The van der Waals surface area contributed by atoms with Crippen LogP contribution in [0.3, 0.4) is 0 Å². The smallest absolute Gasteiger partial charge is 0.323 e. The molecule has 0 aromatic heterocycles. The molecule has 0 heterocycles. The molecular weight excluding hydrogens is 242 g/mol. The van der Waals surface area contributed by atoms with Crippen molar-refractivity contribution >= 4 is 11.9 Å². The van der Waals surface area contributed by atoms with E-state index < -0.39 is 5.97 Å². The van der Waals surface area contributed by atoms with Crippen molar-refractivity contribution < 1.29 is 14.7 Å². The zero-order chi connectivity index (χ0) is 14.3. The second-order valence-electron chi connectivity index (χ2n) is 4.51. The summed E-state index contributed by atoms with van der Waals surface area (Å²) < 4.78 is 0. The molecule has 0 spiro atoms. The molecule has 1 aromatic carbocycles. The van der Waals surface area contributed by atoms with Gasteiger partial charge in [-0.2, -0.15) is 0 Å². The highest BCUT2D eigenvalue weighted by atomic mass is 16.4. The minimum absolute atomic E-state index is 0.120. The molecule has 1 amide bonds. The number of aryl methyl sites for hydroxylation is 1. The molecule has 0 radical (unpaired) electrons. The second kappa shape index (κ2) is 7.56. The van der Waals surface area contributed by atoms with Crippen LogP contribution < -0.4 is 0 Å². The summed E-state index contributed by atoms with van der Waals surface area (Å²) in [5.41, 5.74) is 2.13. The summed E-state index contributed by atoms with van der Waals surface area (Å²) in [6, 6.07) is 7.79. The van der Waals surface area contributed by atoms with E-state index in [1.54, 1.807) is 0 Å². The summed E-state index contributed by atoms with van der Waals surface area (Å²) in [7, 11) is 0. The molecule has 0 bridgehead atoms. The minimum Gasteiger partial charge on any atom is -0.480 e. The maximum Gasteiger partial charge on any atom is 0.323 e. The Labute approximate surface area is 114 Å². The molecule has 0 saturated heterocycles. The van der Waals surface area contributed by atoms with Gasteiger partial charge in [-0.3, -0.25) is 9.59 Å². The average molecular weight is 263 g/mol. The third-order valence-electron chi connectivity index (χ3n) is 3.01. The number of carboxylic acids is 1. The number of hydrogen-bond donors (Lipinski definition) is 1. The van der Waals surface area contributed by atoms with Gasteiger partial charge in [-0.1, -0.05) is 38.1 Å². The Balaban J connectivity index is 2.77. The minimum atomic E-state index is -0.967. The predicted molar refractivity (Wildman–Crippen MR) is 74.0 cm³/mol. The Morgan fingerprint density at radius 1 is 1.16 bits per heavy atom. The van der Waals surface area contributed by atoms with Crippen LogP contribution in [0.1, 0.15) is 31.4 Å². The quantitative estimate of drug-likeness (QED) is 0.819. The second-order valence-corrected chi connectivity index (χ2v) is 4.51. The van der Waals surface area contributed by atoms with E-state index in [9.17, 15) is 9.59 Å². The normalized spacial score (nSPS) is 10.2. The van der Waals surface area contributed by atoms with Crippen molar-refractivity contribution in [2.24, 2.45) is 0 Å². The number of carboxylic acid groups (broad SMARTS) is 1. The number of rotatable bonds is 7. The fourth-order valence-corrected chi connectivity index (χ4v) is 2.07.